The number of esters is 1. The molecule has 0 N–H and O–H groups in total. The highest BCUT2D eigenvalue weighted by Gasteiger charge is 2.17. The second kappa shape index (κ2) is 8.72. The third-order valence-electron chi connectivity index (χ3n) is 5.33. The van der Waals surface area contributed by atoms with E-state index < -0.39 is 5.97 Å². The van der Waals surface area contributed by atoms with E-state index in [4.69, 9.17) is 23.0 Å². The first-order valence-corrected chi connectivity index (χ1v) is 11.0. The number of rotatable bonds is 5. The van der Waals surface area contributed by atoms with E-state index in [2.05, 4.69) is 15.9 Å². The van der Waals surface area contributed by atoms with E-state index in [1.807, 2.05) is 12.1 Å². The predicted octanol–water partition coefficient (Wildman–Crippen LogP) is 6.21. The quantitative estimate of drug-likeness (QED) is 0.201. The van der Waals surface area contributed by atoms with Crippen LogP contribution in [0.15, 0.2) is 85.0 Å². The van der Waals surface area contributed by atoms with Crippen molar-refractivity contribution in [1.82, 2.24) is 0 Å². The molecule has 0 aliphatic rings. The number of hydrogen-bond acceptors (Lipinski definition) is 7. The summed E-state index contributed by atoms with van der Waals surface area (Å²) >= 11 is 3.39. The molecule has 2 aromatic heterocycles. The number of halogens is 1. The van der Waals surface area contributed by atoms with E-state index in [1.54, 1.807) is 43.5 Å². The van der Waals surface area contributed by atoms with Gasteiger partial charge in [0.2, 0.25) is 5.76 Å². The minimum Gasteiger partial charge on any atom is -0.493 e. The Morgan fingerprint density at radius 2 is 1.71 bits per heavy atom. The van der Waals surface area contributed by atoms with Crippen molar-refractivity contribution in [3.8, 4) is 28.4 Å². The molecule has 170 valence electrons. The fraction of sp³-hybridized carbons (Fsp3) is 0.0769. The summed E-state index contributed by atoms with van der Waals surface area (Å²) < 4.78 is 28.2. The van der Waals surface area contributed by atoms with Crippen LogP contribution in [0.3, 0.4) is 0 Å². The van der Waals surface area contributed by atoms with Crippen LogP contribution in [0.25, 0.3) is 33.1 Å². The summed E-state index contributed by atoms with van der Waals surface area (Å²) in [6.45, 7) is 0. The summed E-state index contributed by atoms with van der Waals surface area (Å²) in [4.78, 5) is 25.7. The van der Waals surface area contributed by atoms with Gasteiger partial charge in [-0.1, -0.05) is 22.0 Å². The largest absolute Gasteiger partial charge is 0.493 e. The minimum atomic E-state index is -0.657. The van der Waals surface area contributed by atoms with Crippen molar-refractivity contribution >= 4 is 43.8 Å². The molecule has 0 radical (unpaired) electrons. The van der Waals surface area contributed by atoms with E-state index in [-0.39, 0.29) is 22.5 Å². The van der Waals surface area contributed by atoms with Gasteiger partial charge in [-0.05, 0) is 54.1 Å². The van der Waals surface area contributed by atoms with Crippen LogP contribution in [0, 0.1) is 0 Å². The minimum absolute atomic E-state index is 0.0680. The molecule has 8 heteroatoms. The fourth-order valence-electron chi connectivity index (χ4n) is 3.65. The summed E-state index contributed by atoms with van der Waals surface area (Å²) in [6, 6.07) is 16.8. The topological polar surface area (TPSA) is 88.1 Å². The molecule has 2 heterocycles. The van der Waals surface area contributed by atoms with Crippen molar-refractivity contribution in [2.24, 2.45) is 0 Å². The SMILES string of the molecule is COc1ccc(-c2coc3cc(OC(=O)c4cc5cc(Br)ccc5o4)ccc3c2=O)cc1OC. The van der Waals surface area contributed by atoms with Gasteiger partial charge in [0.1, 0.15) is 23.2 Å². The number of hydrogen-bond donors (Lipinski definition) is 0. The second-order valence-electron chi connectivity index (χ2n) is 7.39. The van der Waals surface area contributed by atoms with Crippen molar-refractivity contribution in [2.45, 2.75) is 0 Å². The van der Waals surface area contributed by atoms with Gasteiger partial charge in [-0.2, -0.15) is 0 Å². The number of fused-ring (bicyclic) bond motifs is 2. The van der Waals surface area contributed by atoms with E-state index in [9.17, 15) is 9.59 Å². The monoisotopic (exact) mass is 520 g/mol. The maximum absolute atomic E-state index is 13.1. The Balaban J connectivity index is 1.45. The molecule has 0 spiro atoms. The molecule has 3 aromatic carbocycles. The van der Waals surface area contributed by atoms with Crippen molar-refractivity contribution in [1.29, 1.82) is 0 Å². The zero-order valence-electron chi connectivity index (χ0n) is 18.1. The first-order chi connectivity index (χ1) is 16.5. The lowest BCUT2D eigenvalue weighted by Crippen LogP contribution is -2.08. The first kappa shape index (κ1) is 21.8. The van der Waals surface area contributed by atoms with Crippen LogP contribution >= 0.6 is 15.9 Å². The average Bonchev–Trinajstić information content (AvgIpc) is 3.27. The molecule has 7 nitrogen and oxygen atoms in total. The fourth-order valence-corrected chi connectivity index (χ4v) is 4.03. The highest BCUT2D eigenvalue weighted by atomic mass is 79.9. The molecule has 0 saturated carbocycles. The molecule has 0 unspecified atom stereocenters. The number of methoxy groups -OCH3 is 2. The van der Waals surface area contributed by atoms with Gasteiger partial charge in [-0.15, -0.1) is 0 Å². The molecule has 0 atom stereocenters. The van der Waals surface area contributed by atoms with Crippen LogP contribution < -0.4 is 19.6 Å². The maximum Gasteiger partial charge on any atom is 0.379 e. The number of carbonyl (C=O) groups excluding carboxylic acids is 1. The zero-order valence-corrected chi connectivity index (χ0v) is 19.7. The standard InChI is InChI=1S/C26H17BrO7/c1-30-21-7-3-14(10-23(21)31-2)19-13-32-22-12-17(5-6-18(22)25(19)28)33-26(29)24-11-15-9-16(27)4-8-20(15)34-24/h3-13H,1-2H3. The highest BCUT2D eigenvalue weighted by molar-refractivity contribution is 9.10. The normalized spacial score (nSPS) is 11.0. The molecule has 0 aliphatic carbocycles. The van der Waals surface area contributed by atoms with Gasteiger partial charge in [-0.25, -0.2) is 4.79 Å². The molecule has 0 saturated heterocycles. The first-order valence-electron chi connectivity index (χ1n) is 10.2. The second-order valence-corrected chi connectivity index (χ2v) is 8.30. The summed E-state index contributed by atoms with van der Waals surface area (Å²) in [5, 5.41) is 1.12. The summed E-state index contributed by atoms with van der Waals surface area (Å²) in [5.74, 6) is 0.690. The Hall–Kier alpha value is -4.04. The van der Waals surface area contributed by atoms with Crippen LogP contribution in [0.2, 0.25) is 0 Å². The number of ether oxygens (including phenoxy) is 3. The molecule has 0 aliphatic heterocycles. The molecular weight excluding hydrogens is 504 g/mol. The Morgan fingerprint density at radius 1 is 0.882 bits per heavy atom. The van der Waals surface area contributed by atoms with Gasteiger partial charge < -0.3 is 23.0 Å². The van der Waals surface area contributed by atoms with Crippen molar-refractivity contribution < 1.29 is 27.8 Å². The van der Waals surface area contributed by atoms with Gasteiger partial charge in [0.15, 0.2) is 16.9 Å². The van der Waals surface area contributed by atoms with E-state index >= 15 is 0 Å². The maximum atomic E-state index is 13.1. The average molecular weight is 521 g/mol. The lowest BCUT2D eigenvalue weighted by Gasteiger charge is -2.10. The molecule has 0 amide bonds. The summed E-state index contributed by atoms with van der Waals surface area (Å²) in [6.07, 6.45) is 1.37. The molecule has 0 fully saturated rings. The predicted molar refractivity (Wildman–Crippen MR) is 130 cm³/mol. The number of carbonyl (C=O) groups is 1. The molecular formula is C26H17BrO7. The van der Waals surface area contributed by atoms with Crippen LogP contribution in [0.4, 0.5) is 0 Å². The van der Waals surface area contributed by atoms with E-state index in [1.165, 1.54) is 25.5 Å². The lowest BCUT2D eigenvalue weighted by molar-refractivity contribution is 0.0704. The van der Waals surface area contributed by atoms with Gasteiger partial charge in [0, 0.05) is 15.9 Å². The van der Waals surface area contributed by atoms with Crippen LogP contribution in [-0.4, -0.2) is 20.2 Å². The molecule has 0 bridgehead atoms. The van der Waals surface area contributed by atoms with Gasteiger partial charge in [0.05, 0.1) is 25.2 Å². The lowest BCUT2D eigenvalue weighted by atomic mass is 10.0. The van der Waals surface area contributed by atoms with Crippen LogP contribution in [0.5, 0.6) is 17.2 Å². The smallest absolute Gasteiger partial charge is 0.379 e. The van der Waals surface area contributed by atoms with Crippen LogP contribution in [0.1, 0.15) is 10.6 Å². The molecule has 5 rings (SSSR count). The third kappa shape index (κ3) is 3.92. The van der Waals surface area contributed by atoms with Gasteiger partial charge in [-0.3, -0.25) is 4.79 Å². The van der Waals surface area contributed by atoms with E-state index in [0.29, 0.717) is 33.6 Å². The van der Waals surface area contributed by atoms with Crippen molar-refractivity contribution in [3.05, 3.63) is 87.4 Å². The zero-order chi connectivity index (χ0) is 23.8. The van der Waals surface area contributed by atoms with E-state index in [0.717, 1.165) is 9.86 Å². The Labute approximate surface area is 201 Å². The Kier molecular flexibility index (Phi) is 5.59. The van der Waals surface area contributed by atoms with Crippen LogP contribution in [-0.2, 0) is 0 Å². The molecule has 5 aromatic rings. The summed E-state index contributed by atoms with van der Waals surface area (Å²) in [5.41, 5.74) is 1.62. The van der Waals surface area contributed by atoms with Crippen molar-refractivity contribution in [2.75, 3.05) is 14.2 Å². The highest BCUT2D eigenvalue weighted by Crippen LogP contribution is 2.32. The third-order valence-corrected chi connectivity index (χ3v) is 5.82. The Bertz CT molecular complexity index is 1610. The Morgan fingerprint density at radius 3 is 2.50 bits per heavy atom. The van der Waals surface area contributed by atoms with Gasteiger partial charge in [0.25, 0.3) is 0 Å². The van der Waals surface area contributed by atoms with Crippen molar-refractivity contribution in [3.63, 3.8) is 0 Å². The van der Waals surface area contributed by atoms with Gasteiger partial charge >= 0.3 is 5.97 Å². The molecule has 34 heavy (non-hydrogen) atoms. The number of furan rings is 1. The number of benzene rings is 3. The summed E-state index contributed by atoms with van der Waals surface area (Å²) in [7, 11) is 3.07.